The summed E-state index contributed by atoms with van der Waals surface area (Å²) in [6, 6.07) is 0. The summed E-state index contributed by atoms with van der Waals surface area (Å²) in [4.78, 5) is 23.2. The van der Waals surface area contributed by atoms with Gasteiger partial charge in [0.2, 0.25) is 5.91 Å². The molecule has 1 aliphatic rings. The summed E-state index contributed by atoms with van der Waals surface area (Å²) in [5, 5.41) is 12.0. The molecule has 0 radical (unpaired) electrons. The molecule has 18 heavy (non-hydrogen) atoms. The van der Waals surface area contributed by atoms with Crippen LogP contribution in [0.2, 0.25) is 0 Å². The molecule has 1 amide bonds. The van der Waals surface area contributed by atoms with E-state index in [0.717, 1.165) is 0 Å². The van der Waals surface area contributed by atoms with E-state index in [1.807, 2.05) is 6.92 Å². The van der Waals surface area contributed by atoms with Crippen molar-refractivity contribution in [2.75, 3.05) is 6.54 Å². The van der Waals surface area contributed by atoms with E-state index in [9.17, 15) is 9.59 Å². The SMILES string of the molecule is CC1CC(C(=O)O)C(C(=O)NCC(C)C(C)C)C1. The molecule has 4 heteroatoms. The maximum absolute atomic E-state index is 12.1. The van der Waals surface area contributed by atoms with E-state index in [0.29, 0.717) is 37.1 Å². The minimum absolute atomic E-state index is 0.0840. The number of hydrogen-bond donors (Lipinski definition) is 2. The zero-order valence-electron chi connectivity index (χ0n) is 11.8. The van der Waals surface area contributed by atoms with Crippen molar-refractivity contribution in [3.8, 4) is 0 Å². The lowest BCUT2D eigenvalue weighted by Gasteiger charge is -2.19. The van der Waals surface area contributed by atoms with Gasteiger partial charge in [0.15, 0.2) is 0 Å². The van der Waals surface area contributed by atoms with Gasteiger partial charge >= 0.3 is 5.97 Å². The fourth-order valence-corrected chi connectivity index (χ4v) is 2.48. The van der Waals surface area contributed by atoms with Gasteiger partial charge in [-0.05, 0) is 30.6 Å². The first kappa shape index (κ1) is 15.0. The van der Waals surface area contributed by atoms with Gasteiger partial charge in [-0.2, -0.15) is 0 Å². The quantitative estimate of drug-likeness (QED) is 0.791. The molecule has 4 nitrogen and oxygen atoms in total. The summed E-state index contributed by atoms with van der Waals surface area (Å²) >= 11 is 0. The van der Waals surface area contributed by atoms with E-state index < -0.39 is 11.9 Å². The monoisotopic (exact) mass is 255 g/mol. The van der Waals surface area contributed by atoms with Crippen molar-refractivity contribution in [3.63, 3.8) is 0 Å². The van der Waals surface area contributed by atoms with Crippen LogP contribution in [0, 0.1) is 29.6 Å². The molecule has 1 saturated carbocycles. The molecular weight excluding hydrogens is 230 g/mol. The van der Waals surface area contributed by atoms with Gasteiger partial charge in [0.05, 0.1) is 11.8 Å². The summed E-state index contributed by atoms with van der Waals surface area (Å²) in [5.74, 6) is -0.523. The molecule has 0 spiro atoms. The third kappa shape index (κ3) is 3.72. The van der Waals surface area contributed by atoms with Crippen LogP contribution in [-0.4, -0.2) is 23.5 Å². The van der Waals surface area contributed by atoms with Gasteiger partial charge in [-0.15, -0.1) is 0 Å². The highest BCUT2D eigenvalue weighted by molar-refractivity contribution is 5.85. The number of rotatable bonds is 5. The number of carboxylic acids is 1. The lowest BCUT2D eigenvalue weighted by molar-refractivity contribution is -0.146. The Kier molecular flexibility index (Phi) is 5.17. The van der Waals surface area contributed by atoms with Gasteiger partial charge in [0.1, 0.15) is 0 Å². The van der Waals surface area contributed by atoms with Gasteiger partial charge in [0, 0.05) is 6.54 Å². The number of nitrogens with one attached hydrogen (secondary N) is 1. The molecule has 0 heterocycles. The minimum atomic E-state index is -0.837. The second-order valence-corrected chi connectivity index (χ2v) is 6.09. The zero-order chi connectivity index (χ0) is 13.9. The Labute approximate surface area is 109 Å². The fourth-order valence-electron chi connectivity index (χ4n) is 2.48. The lowest BCUT2D eigenvalue weighted by Crippen LogP contribution is -2.38. The predicted molar refractivity (Wildman–Crippen MR) is 70.0 cm³/mol. The molecule has 0 saturated heterocycles. The first-order chi connectivity index (χ1) is 8.32. The van der Waals surface area contributed by atoms with Crippen molar-refractivity contribution in [1.29, 1.82) is 0 Å². The maximum atomic E-state index is 12.1. The second kappa shape index (κ2) is 6.21. The van der Waals surface area contributed by atoms with Crippen molar-refractivity contribution in [3.05, 3.63) is 0 Å². The molecule has 4 atom stereocenters. The summed E-state index contributed by atoms with van der Waals surface area (Å²) < 4.78 is 0. The Morgan fingerprint density at radius 3 is 2.28 bits per heavy atom. The minimum Gasteiger partial charge on any atom is -0.481 e. The van der Waals surface area contributed by atoms with Gasteiger partial charge in [-0.3, -0.25) is 9.59 Å². The molecule has 0 aliphatic heterocycles. The number of hydrogen-bond acceptors (Lipinski definition) is 2. The Morgan fingerprint density at radius 1 is 1.22 bits per heavy atom. The first-order valence-corrected chi connectivity index (χ1v) is 6.83. The highest BCUT2D eigenvalue weighted by Gasteiger charge is 2.41. The van der Waals surface area contributed by atoms with Crippen LogP contribution in [0.15, 0.2) is 0 Å². The summed E-state index contributed by atoms with van der Waals surface area (Å²) in [5.41, 5.74) is 0. The number of carbonyl (C=O) groups is 2. The van der Waals surface area contributed by atoms with E-state index in [4.69, 9.17) is 5.11 Å². The smallest absolute Gasteiger partial charge is 0.307 e. The van der Waals surface area contributed by atoms with E-state index in [1.165, 1.54) is 0 Å². The summed E-state index contributed by atoms with van der Waals surface area (Å²) in [6.45, 7) is 8.98. The van der Waals surface area contributed by atoms with Gasteiger partial charge in [-0.25, -0.2) is 0 Å². The van der Waals surface area contributed by atoms with Crippen LogP contribution in [-0.2, 0) is 9.59 Å². The van der Waals surface area contributed by atoms with Crippen LogP contribution in [0.25, 0.3) is 0 Å². The van der Waals surface area contributed by atoms with Crippen LogP contribution in [0.5, 0.6) is 0 Å². The molecule has 0 aromatic heterocycles. The Hall–Kier alpha value is -1.06. The second-order valence-electron chi connectivity index (χ2n) is 6.09. The van der Waals surface area contributed by atoms with E-state index >= 15 is 0 Å². The number of carboxylic acid groups (broad SMARTS) is 1. The molecule has 1 fully saturated rings. The van der Waals surface area contributed by atoms with Crippen LogP contribution in [0.4, 0.5) is 0 Å². The van der Waals surface area contributed by atoms with Crippen LogP contribution < -0.4 is 5.32 Å². The first-order valence-electron chi connectivity index (χ1n) is 6.83. The van der Waals surface area contributed by atoms with Gasteiger partial charge in [-0.1, -0.05) is 27.7 Å². The average molecular weight is 255 g/mol. The third-order valence-electron chi connectivity index (χ3n) is 4.19. The topological polar surface area (TPSA) is 66.4 Å². The molecule has 4 unspecified atom stereocenters. The Morgan fingerprint density at radius 2 is 1.78 bits per heavy atom. The predicted octanol–water partition coefficient (Wildman–Crippen LogP) is 2.14. The molecule has 1 rings (SSSR count). The van der Waals surface area contributed by atoms with Gasteiger partial charge in [0.25, 0.3) is 0 Å². The molecule has 1 aliphatic carbocycles. The fraction of sp³-hybridized carbons (Fsp3) is 0.857. The van der Waals surface area contributed by atoms with Crippen molar-refractivity contribution >= 4 is 11.9 Å². The maximum Gasteiger partial charge on any atom is 0.307 e. The van der Waals surface area contributed by atoms with E-state index in [1.54, 1.807) is 0 Å². The Bertz CT molecular complexity index is 314. The molecule has 104 valence electrons. The normalized spacial score (nSPS) is 29.3. The van der Waals surface area contributed by atoms with Gasteiger partial charge < -0.3 is 10.4 Å². The van der Waals surface area contributed by atoms with Crippen molar-refractivity contribution in [2.24, 2.45) is 29.6 Å². The lowest BCUT2D eigenvalue weighted by atomic mass is 9.94. The number of amides is 1. The molecule has 2 N–H and O–H groups in total. The van der Waals surface area contributed by atoms with Crippen LogP contribution >= 0.6 is 0 Å². The number of aliphatic carboxylic acids is 1. The average Bonchev–Trinajstić information content (AvgIpc) is 2.67. The molecular formula is C14H25NO3. The van der Waals surface area contributed by atoms with Crippen LogP contribution in [0.1, 0.15) is 40.5 Å². The third-order valence-corrected chi connectivity index (χ3v) is 4.19. The highest BCUT2D eigenvalue weighted by Crippen LogP contribution is 2.36. The van der Waals surface area contributed by atoms with E-state index in [-0.39, 0.29) is 11.8 Å². The molecule has 0 bridgehead atoms. The summed E-state index contributed by atoms with van der Waals surface area (Å²) in [7, 11) is 0. The Balaban J connectivity index is 2.52. The van der Waals surface area contributed by atoms with Crippen LogP contribution in [0.3, 0.4) is 0 Å². The van der Waals surface area contributed by atoms with Crippen molar-refractivity contribution in [1.82, 2.24) is 5.32 Å². The number of carbonyl (C=O) groups excluding carboxylic acids is 1. The zero-order valence-corrected chi connectivity index (χ0v) is 11.8. The van der Waals surface area contributed by atoms with Crippen molar-refractivity contribution < 1.29 is 14.7 Å². The van der Waals surface area contributed by atoms with E-state index in [2.05, 4.69) is 26.1 Å². The molecule has 0 aromatic rings. The summed E-state index contributed by atoms with van der Waals surface area (Å²) in [6.07, 6.45) is 1.31. The highest BCUT2D eigenvalue weighted by atomic mass is 16.4. The largest absolute Gasteiger partial charge is 0.481 e. The standard InChI is InChI=1S/C14H25NO3/c1-8(2)10(4)7-15-13(16)11-5-9(3)6-12(11)14(17)18/h8-12H,5-7H2,1-4H3,(H,15,16)(H,17,18). The molecule has 0 aromatic carbocycles. The van der Waals surface area contributed by atoms with Crippen molar-refractivity contribution in [2.45, 2.75) is 40.5 Å².